The van der Waals surface area contributed by atoms with Crippen molar-refractivity contribution in [2.24, 2.45) is 0 Å². The minimum atomic E-state index is -0.140. The molecule has 5 nitrogen and oxygen atoms in total. The predicted octanol–water partition coefficient (Wildman–Crippen LogP) is 4.40. The van der Waals surface area contributed by atoms with E-state index in [9.17, 15) is 9.59 Å². The second kappa shape index (κ2) is 9.04. The Morgan fingerprint density at radius 1 is 1.15 bits per heavy atom. The Bertz CT molecular complexity index is 832. The molecule has 0 bridgehead atoms. The van der Waals surface area contributed by atoms with Gasteiger partial charge in [-0.05, 0) is 55.7 Å². The third kappa shape index (κ3) is 5.10. The van der Waals surface area contributed by atoms with Crippen LogP contribution in [-0.2, 0) is 4.79 Å². The monoisotopic (exact) mass is 430 g/mol. The number of benzene rings is 2. The lowest BCUT2D eigenvalue weighted by molar-refractivity contribution is -0.116. The second-order valence-electron chi connectivity index (χ2n) is 6.58. The average molecular weight is 431 g/mol. The van der Waals surface area contributed by atoms with E-state index in [2.05, 4.69) is 21.2 Å². The quantitative estimate of drug-likeness (QED) is 0.738. The van der Waals surface area contributed by atoms with Crippen LogP contribution in [0.1, 0.15) is 35.2 Å². The number of hydrogen-bond donors (Lipinski definition) is 1. The SMILES string of the molecule is Cc1c(NC(=O)CCOc2cccc(Br)c2)cccc1C(=O)N1CCCC1. The first-order valence-corrected chi connectivity index (χ1v) is 9.91. The van der Waals surface area contributed by atoms with Crippen molar-refractivity contribution in [3.63, 3.8) is 0 Å². The first-order chi connectivity index (χ1) is 13.0. The maximum Gasteiger partial charge on any atom is 0.254 e. The van der Waals surface area contributed by atoms with E-state index in [1.807, 2.05) is 54.3 Å². The number of nitrogens with zero attached hydrogens (tertiary/aromatic N) is 1. The Morgan fingerprint density at radius 3 is 2.63 bits per heavy atom. The highest BCUT2D eigenvalue weighted by Gasteiger charge is 2.21. The van der Waals surface area contributed by atoms with Gasteiger partial charge in [-0.25, -0.2) is 0 Å². The number of anilines is 1. The van der Waals surface area contributed by atoms with Crippen LogP contribution in [-0.4, -0.2) is 36.4 Å². The normalized spacial score (nSPS) is 13.5. The first kappa shape index (κ1) is 19.4. The summed E-state index contributed by atoms with van der Waals surface area (Å²) in [6.07, 6.45) is 2.34. The molecule has 0 aliphatic carbocycles. The number of carbonyl (C=O) groups excluding carboxylic acids is 2. The van der Waals surface area contributed by atoms with Gasteiger partial charge in [-0.2, -0.15) is 0 Å². The van der Waals surface area contributed by atoms with Crippen LogP contribution in [0.5, 0.6) is 5.75 Å². The molecule has 0 aromatic heterocycles. The molecular formula is C21H23BrN2O3. The Kier molecular flexibility index (Phi) is 6.50. The van der Waals surface area contributed by atoms with E-state index in [0.29, 0.717) is 17.0 Å². The molecule has 0 saturated carbocycles. The van der Waals surface area contributed by atoms with Crippen molar-refractivity contribution in [3.05, 3.63) is 58.1 Å². The third-order valence-electron chi connectivity index (χ3n) is 4.63. The number of nitrogens with one attached hydrogen (secondary N) is 1. The van der Waals surface area contributed by atoms with Crippen LogP contribution in [0.15, 0.2) is 46.9 Å². The van der Waals surface area contributed by atoms with Gasteiger partial charge in [0.05, 0.1) is 13.0 Å². The lowest BCUT2D eigenvalue weighted by atomic mass is 10.1. The van der Waals surface area contributed by atoms with E-state index in [1.54, 1.807) is 0 Å². The van der Waals surface area contributed by atoms with Crippen LogP contribution in [0.3, 0.4) is 0 Å². The summed E-state index contributed by atoms with van der Waals surface area (Å²) in [5, 5.41) is 2.89. The topological polar surface area (TPSA) is 58.6 Å². The van der Waals surface area contributed by atoms with Crippen molar-refractivity contribution in [3.8, 4) is 5.75 Å². The summed E-state index contributed by atoms with van der Waals surface area (Å²) >= 11 is 3.39. The number of hydrogen-bond acceptors (Lipinski definition) is 3. The predicted molar refractivity (Wildman–Crippen MR) is 109 cm³/mol. The van der Waals surface area contributed by atoms with E-state index in [4.69, 9.17) is 4.74 Å². The molecule has 1 fully saturated rings. The van der Waals surface area contributed by atoms with E-state index in [1.165, 1.54) is 0 Å². The van der Waals surface area contributed by atoms with E-state index >= 15 is 0 Å². The number of ether oxygens (including phenoxy) is 1. The van der Waals surface area contributed by atoms with Gasteiger partial charge >= 0.3 is 0 Å². The Balaban J connectivity index is 1.57. The van der Waals surface area contributed by atoms with Crippen LogP contribution in [0.25, 0.3) is 0 Å². The van der Waals surface area contributed by atoms with E-state index in [0.717, 1.165) is 36.0 Å². The van der Waals surface area contributed by atoms with Gasteiger partial charge < -0.3 is 15.0 Å². The molecule has 2 aromatic carbocycles. The first-order valence-electron chi connectivity index (χ1n) is 9.12. The van der Waals surface area contributed by atoms with Gasteiger partial charge in [0.15, 0.2) is 0 Å². The lowest BCUT2D eigenvalue weighted by Crippen LogP contribution is -2.28. The summed E-state index contributed by atoms with van der Waals surface area (Å²) in [4.78, 5) is 26.8. The molecule has 27 heavy (non-hydrogen) atoms. The lowest BCUT2D eigenvalue weighted by Gasteiger charge is -2.18. The van der Waals surface area contributed by atoms with Crippen molar-refractivity contribution in [2.75, 3.05) is 25.0 Å². The van der Waals surface area contributed by atoms with E-state index < -0.39 is 0 Å². The van der Waals surface area contributed by atoms with Crippen LogP contribution in [0.2, 0.25) is 0 Å². The van der Waals surface area contributed by atoms with Gasteiger partial charge in [0.1, 0.15) is 5.75 Å². The van der Waals surface area contributed by atoms with Crippen molar-refractivity contribution >= 4 is 33.4 Å². The number of carbonyl (C=O) groups is 2. The van der Waals surface area contributed by atoms with Gasteiger partial charge in [-0.3, -0.25) is 9.59 Å². The number of likely N-dealkylation sites (tertiary alicyclic amines) is 1. The highest BCUT2D eigenvalue weighted by atomic mass is 79.9. The van der Waals surface area contributed by atoms with Crippen molar-refractivity contribution < 1.29 is 14.3 Å². The van der Waals surface area contributed by atoms with Crippen molar-refractivity contribution in [2.45, 2.75) is 26.2 Å². The molecule has 3 rings (SSSR count). The molecule has 1 N–H and O–H groups in total. The minimum absolute atomic E-state index is 0.0408. The molecule has 2 amide bonds. The maximum absolute atomic E-state index is 12.7. The summed E-state index contributed by atoms with van der Waals surface area (Å²) < 4.78 is 6.53. The number of amides is 2. The molecule has 1 aliphatic rings. The summed E-state index contributed by atoms with van der Waals surface area (Å²) in [6.45, 7) is 3.77. The van der Waals surface area contributed by atoms with Crippen LogP contribution < -0.4 is 10.1 Å². The highest BCUT2D eigenvalue weighted by molar-refractivity contribution is 9.10. The summed E-state index contributed by atoms with van der Waals surface area (Å²) in [5.74, 6) is 0.615. The van der Waals surface area contributed by atoms with Crippen LogP contribution >= 0.6 is 15.9 Å². The minimum Gasteiger partial charge on any atom is -0.493 e. The van der Waals surface area contributed by atoms with Gasteiger partial charge in [0.25, 0.3) is 5.91 Å². The second-order valence-corrected chi connectivity index (χ2v) is 7.50. The van der Waals surface area contributed by atoms with Gasteiger partial charge in [0.2, 0.25) is 5.91 Å². The summed E-state index contributed by atoms with van der Waals surface area (Å²) in [5.41, 5.74) is 2.13. The average Bonchev–Trinajstić information content (AvgIpc) is 3.18. The Morgan fingerprint density at radius 2 is 1.89 bits per heavy atom. The van der Waals surface area contributed by atoms with Crippen LogP contribution in [0, 0.1) is 6.92 Å². The zero-order valence-corrected chi connectivity index (χ0v) is 16.9. The molecule has 2 aromatic rings. The fourth-order valence-electron chi connectivity index (χ4n) is 3.12. The van der Waals surface area contributed by atoms with Crippen molar-refractivity contribution in [1.29, 1.82) is 0 Å². The zero-order chi connectivity index (χ0) is 19.2. The fourth-order valence-corrected chi connectivity index (χ4v) is 3.50. The molecule has 6 heteroatoms. The number of halogens is 1. The van der Waals surface area contributed by atoms with Gasteiger partial charge in [0, 0.05) is 28.8 Å². The summed E-state index contributed by atoms with van der Waals surface area (Å²) in [6, 6.07) is 13.0. The smallest absolute Gasteiger partial charge is 0.254 e. The van der Waals surface area contributed by atoms with Gasteiger partial charge in [-0.1, -0.05) is 28.1 Å². The molecule has 1 aliphatic heterocycles. The standard InChI is InChI=1S/C21H23BrN2O3/c1-15-18(21(26)24-11-2-3-12-24)8-5-9-19(15)23-20(25)10-13-27-17-7-4-6-16(22)14-17/h4-9,14H,2-3,10-13H2,1H3,(H,23,25). The molecule has 0 unspecified atom stereocenters. The van der Waals surface area contributed by atoms with Crippen LogP contribution in [0.4, 0.5) is 5.69 Å². The molecule has 0 spiro atoms. The molecule has 1 saturated heterocycles. The van der Waals surface area contributed by atoms with Crippen molar-refractivity contribution in [1.82, 2.24) is 4.90 Å². The molecule has 1 heterocycles. The largest absolute Gasteiger partial charge is 0.493 e. The Labute approximate surface area is 167 Å². The molecular weight excluding hydrogens is 408 g/mol. The van der Waals surface area contributed by atoms with E-state index in [-0.39, 0.29) is 24.8 Å². The Hall–Kier alpha value is -2.34. The number of rotatable bonds is 6. The van der Waals surface area contributed by atoms with Gasteiger partial charge in [-0.15, -0.1) is 0 Å². The molecule has 142 valence electrons. The fraction of sp³-hybridized carbons (Fsp3) is 0.333. The maximum atomic E-state index is 12.7. The molecule has 0 radical (unpaired) electrons. The summed E-state index contributed by atoms with van der Waals surface area (Å²) in [7, 11) is 0. The zero-order valence-electron chi connectivity index (χ0n) is 15.3. The third-order valence-corrected chi connectivity index (χ3v) is 5.12. The molecule has 0 atom stereocenters. The highest BCUT2D eigenvalue weighted by Crippen LogP contribution is 2.22.